The molecule has 0 saturated carbocycles. The number of benzene rings is 2. The van der Waals surface area contributed by atoms with Crippen molar-refractivity contribution in [3.8, 4) is 0 Å². The number of hydrogen-bond donors (Lipinski definition) is 1. The molecule has 0 spiro atoms. The first-order valence-electron chi connectivity index (χ1n) is 10.5. The van der Waals surface area contributed by atoms with E-state index < -0.39 is 0 Å². The lowest BCUT2D eigenvalue weighted by atomic mass is 10.2. The average Bonchev–Trinajstić information content (AvgIpc) is 3.14. The maximum Gasteiger partial charge on any atom is 0.258 e. The number of fused-ring (bicyclic) bond motifs is 2. The summed E-state index contributed by atoms with van der Waals surface area (Å²) < 4.78 is 2.11. The Labute approximate surface area is 194 Å². The minimum Gasteiger partial charge on any atom is -0.335 e. The number of para-hydroxylation sites is 2. The van der Waals surface area contributed by atoms with Crippen LogP contribution in [0.25, 0.3) is 21.9 Å². The maximum atomic E-state index is 13.1. The van der Waals surface area contributed by atoms with Gasteiger partial charge in [-0.15, -0.1) is 0 Å². The number of carbonyl (C=O) groups is 1. The van der Waals surface area contributed by atoms with Crippen LogP contribution in [-0.2, 0) is 17.9 Å². The van der Waals surface area contributed by atoms with E-state index in [9.17, 15) is 9.59 Å². The number of nitrogens with zero attached hydrogens (tertiary/aromatic N) is 4. The predicted molar refractivity (Wildman–Crippen MR) is 129 cm³/mol. The number of aromatic amines is 1. The van der Waals surface area contributed by atoms with Gasteiger partial charge in [0.1, 0.15) is 5.82 Å². The zero-order chi connectivity index (χ0) is 22.7. The molecule has 1 N–H and O–H groups in total. The summed E-state index contributed by atoms with van der Waals surface area (Å²) in [5.74, 6) is 0.672. The van der Waals surface area contributed by atoms with Crippen molar-refractivity contribution in [3.05, 3.63) is 63.7 Å². The Morgan fingerprint density at radius 2 is 1.97 bits per heavy atom. The number of aromatic nitrogens is 4. The Hall–Kier alpha value is -2.84. The van der Waals surface area contributed by atoms with Crippen LogP contribution in [0.4, 0.5) is 0 Å². The Balaban J connectivity index is 1.52. The number of nitrogens with one attached hydrogen (secondary N) is 1. The molecule has 0 aliphatic heterocycles. The van der Waals surface area contributed by atoms with E-state index in [1.54, 1.807) is 23.1 Å². The van der Waals surface area contributed by atoms with E-state index in [1.807, 2.05) is 31.2 Å². The Morgan fingerprint density at radius 3 is 2.75 bits per heavy atom. The van der Waals surface area contributed by atoms with Gasteiger partial charge in [-0.1, -0.05) is 42.4 Å². The predicted octanol–water partition coefficient (Wildman–Crippen LogP) is 4.48. The molecule has 0 atom stereocenters. The van der Waals surface area contributed by atoms with E-state index in [0.717, 1.165) is 29.2 Å². The molecule has 0 aliphatic rings. The number of aryl methyl sites for hydroxylation is 1. The number of H-pyrrole nitrogens is 1. The van der Waals surface area contributed by atoms with Crippen LogP contribution in [0.1, 0.15) is 26.1 Å². The van der Waals surface area contributed by atoms with Crippen LogP contribution in [0.5, 0.6) is 0 Å². The monoisotopic (exact) mass is 469 g/mol. The summed E-state index contributed by atoms with van der Waals surface area (Å²) in [4.78, 5) is 39.2. The third-order valence-corrected chi connectivity index (χ3v) is 6.36. The molecule has 32 heavy (non-hydrogen) atoms. The van der Waals surface area contributed by atoms with Gasteiger partial charge < -0.3 is 14.5 Å². The summed E-state index contributed by atoms with van der Waals surface area (Å²) >= 11 is 7.48. The molecule has 2 heterocycles. The van der Waals surface area contributed by atoms with Gasteiger partial charge in [-0.05, 0) is 43.7 Å². The van der Waals surface area contributed by atoms with Crippen LogP contribution < -0.4 is 5.56 Å². The van der Waals surface area contributed by atoms with Crippen molar-refractivity contribution in [2.45, 2.75) is 38.5 Å². The highest BCUT2D eigenvalue weighted by atomic mass is 35.5. The van der Waals surface area contributed by atoms with E-state index >= 15 is 0 Å². The van der Waals surface area contributed by atoms with Crippen molar-refractivity contribution >= 4 is 51.2 Å². The number of amides is 1. The molecule has 0 unspecified atom stereocenters. The first-order chi connectivity index (χ1) is 15.5. The van der Waals surface area contributed by atoms with Crippen LogP contribution in [0.15, 0.2) is 52.4 Å². The minimum absolute atomic E-state index is 0.0274. The highest BCUT2D eigenvalue weighted by Crippen LogP contribution is 2.24. The van der Waals surface area contributed by atoms with Gasteiger partial charge in [0.05, 0.1) is 34.2 Å². The number of thioether (sulfide) groups is 1. The molecule has 4 aromatic rings. The summed E-state index contributed by atoms with van der Waals surface area (Å²) in [6.45, 7) is 5.66. The lowest BCUT2D eigenvalue weighted by molar-refractivity contribution is -0.129. The molecular weight excluding hydrogens is 446 g/mol. The van der Waals surface area contributed by atoms with Gasteiger partial charge in [0.15, 0.2) is 5.16 Å². The third-order valence-electron chi connectivity index (χ3n) is 5.16. The van der Waals surface area contributed by atoms with Crippen LogP contribution >= 0.6 is 23.4 Å². The lowest BCUT2D eigenvalue weighted by Crippen LogP contribution is -2.34. The Kier molecular flexibility index (Phi) is 6.81. The first-order valence-corrected chi connectivity index (χ1v) is 11.9. The highest BCUT2D eigenvalue weighted by Gasteiger charge is 2.18. The van der Waals surface area contributed by atoms with Gasteiger partial charge in [-0.3, -0.25) is 9.59 Å². The van der Waals surface area contributed by atoms with E-state index in [0.29, 0.717) is 28.3 Å². The Bertz CT molecular complexity index is 1330. The van der Waals surface area contributed by atoms with E-state index in [2.05, 4.69) is 26.4 Å². The summed E-state index contributed by atoms with van der Waals surface area (Å²) in [6.07, 6.45) is 0.799. The van der Waals surface area contributed by atoms with Crippen molar-refractivity contribution in [2.24, 2.45) is 0 Å². The van der Waals surface area contributed by atoms with Gasteiger partial charge in [-0.2, -0.15) is 0 Å². The van der Waals surface area contributed by atoms with Gasteiger partial charge in [0, 0.05) is 18.1 Å². The number of rotatable bonds is 8. The topological polar surface area (TPSA) is 83.9 Å². The van der Waals surface area contributed by atoms with Crippen molar-refractivity contribution in [1.29, 1.82) is 0 Å². The number of halogens is 1. The third kappa shape index (κ3) is 4.66. The maximum absolute atomic E-state index is 13.1. The zero-order valence-electron chi connectivity index (χ0n) is 18.0. The summed E-state index contributed by atoms with van der Waals surface area (Å²) in [5, 5.41) is 1.81. The molecule has 0 aliphatic carbocycles. The van der Waals surface area contributed by atoms with Crippen molar-refractivity contribution in [1.82, 2.24) is 24.4 Å². The normalized spacial score (nSPS) is 11.3. The van der Waals surface area contributed by atoms with Crippen LogP contribution in [0, 0.1) is 0 Å². The number of carbonyl (C=O) groups excluding carboxylic acids is 1. The molecule has 9 heteroatoms. The fourth-order valence-electron chi connectivity index (χ4n) is 3.67. The second-order valence-electron chi connectivity index (χ2n) is 7.41. The molecule has 2 aromatic heterocycles. The fourth-order valence-corrected chi connectivity index (χ4v) is 4.81. The summed E-state index contributed by atoms with van der Waals surface area (Å²) in [5.41, 5.74) is 2.26. The van der Waals surface area contributed by atoms with Crippen molar-refractivity contribution < 1.29 is 4.79 Å². The molecule has 166 valence electrons. The van der Waals surface area contributed by atoms with E-state index in [4.69, 9.17) is 11.6 Å². The van der Waals surface area contributed by atoms with E-state index in [-0.39, 0.29) is 23.8 Å². The number of imidazole rings is 1. The average molecular weight is 470 g/mol. The molecule has 2 aromatic carbocycles. The second kappa shape index (κ2) is 9.75. The van der Waals surface area contributed by atoms with Crippen LogP contribution in [0.3, 0.4) is 0 Å². The van der Waals surface area contributed by atoms with Crippen molar-refractivity contribution in [2.75, 3.05) is 12.3 Å². The molecule has 0 fully saturated rings. The molecule has 0 radical (unpaired) electrons. The highest BCUT2D eigenvalue weighted by molar-refractivity contribution is 7.99. The molecule has 0 bridgehead atoms. The standard InChI is InChI=1S/C23H24ClN5O2S/c1-3-11-28(13-20-25-18-12-15(24)9-10-16(18)22(31)27-20)21(30)14-32-23-26-17-7-5-6-8-19(17)29(23)4-2/h5-10,12H,3-4,11,13-14H2,1-2H3,(H,25,27,31). The fraction of sp³-hybridized carbons (Fsp3) is 0.304. The molecule has 7 nitrogen and oxygen atoms in total. The van der Waals surface area contributed by atoms with Gasteiger partial charge in [0.2, 0.25) is 5.91 Å². The second-order valence-corrected chi connectivity index (χ2v) is 8.78. The molecule has 1 amide bonds. The van der Waals surface area contributed by atoms with Gasteiger partial charge >= 0.3 is 0 Å². The van der Waals surface area contributed by atoms with Crippen LogP contribution in [-0.4, -0.2) is 42.6 Å². The number of hydrogen-bond acceptors (Lipinski definition) is 5. The summed E-state index contributed by atoms with van der Waals surface area (Å²) in [7, 11) is 0. The summed E-state index contributed by atoms with van der Waals surface area (Å²) in [6, 6.07) is 12.9. The van der Waals surface area contributed by atoms with Gasteiger partial charge in [0.25, 0.3) is 5.56 Å². The smallest absolute Gasteiger partial charge is 0.258 e. The molecule has 0 saturated heterocycles. The van der Waals surface area contributed by atoms with E-state index in [1.165, 1.54) is 11.8 Å². The quantitative estimate of drug-likeness (QED) is 0.385. The largest absolute Gasteiger partial charge is 0.335 e. The van der Waals surface area contributed by atoms with Crippen LogP contribution in [0.2, 0.25) is 5.02 Å². The first kappa shape index (κ1) is 22.4. The Morgan fingerprint density at radius 1 is 1.16 bits per heavy atom. The zero-order valence-corrected chi connectivity index (χ0v) is 19.5. The molecular formula is C23H24ClN5O2S. The lowest BCUT2D eigenvalue weighted by Gasteiger charge is -2.21. The molecule has 4 rings (SSSR count). The van der Waals surface area contributed by atoms with Gasteiger partial charge in [-0.25, -0.2) is 9.97 Å². The van der Waals surface area contributed by atoms with Crippen molar-refractivity contribution in [3.63, 3.8) is 0 Å². The SMILES string of the molecule is CCCN(Cc1nc2cc(Cl)ccc2c(=O)[nH]1)C(=O)CSc1nc2ccccc2n1CC. The minimum atomic E-state index is -0.239.